The lowest BCUT2D eigenvalue weighted by atomic mass is 9.87. The third kappa shape index (κ3) is 4.62. The van der Waals surface area contributed by atoms with E-state index in [1.54, 1.807) is 6.21 Å². The second kappa shape index (κ2) is 8.03. The van der Waals surface area contributed by atoms with Gasteiger partial charge in [-0.2, -0.15) is 5.10 Å². The van der Waals surface area contributed by atoms with Crippen LogP contribution in [0.25, 0.3) is 5.69 Å². The van der Waals surface area contributed by atoms with E-state index < -0.39 is 0 Å². The van der Waals surface area contributed by atoms with E-state index in [4.69, 9.17) is 0 Å². The van der Waals surface area contributed by atoms with Crippen LogP contribution in [0.5, 0.6) is 0 Å². The van der Waals surface area contributed by atoms with Gasteiger partial charge >= 0.3 is 0 Å². The molecule has 0 fully saturated rings. The van der Waals surface area contributed by atoms with Crippen LogP contribution in [-0.2, 0) is 5.41 Å². The van der Waals surface area contributed by atoms with Crippen LogP contribution < -0.4 is 5.43 Å². The van der Waals surface area contributed by atoms with Gasteiger partial charge in [0.2, 0.25) is 0 Å². The highest BCUT2D eigenvalue weighted by atomic mass is 19.1. The van der Waals surface area contributed by atoms with Crippen molar-refractivity contribution in [2.45, 2.75) is 40.0 Å². The smallest absolute Gasteiger partial charge is 0.271 e. The van der Waals surface area contributed by atoms with E-state index >= 15 is 0 Å². The molecule has 0 aliphatic carbocycles. The molecule has 0 aliphatic heterocycles. The molecule has 0 aliphatic rings. The number of nitrogens with zero attached hydrogens (tertiary/aromatic N) is 2. The normalized spacial score (nSPS) is 11.8. The van der Waals surface area contributed by atoms with Gasteiger partial charge in [-0.3, -0.25) is 4.79 Å². The molecule has 150 valence electrons. The van der Waals surface area contributed by atoms with Gasteiger partial charge in [-0.1, -0.05) is 32.9 Å². The monoisotopic (exact) mass is 391 g/mol. The molecular formula is C24H26FN3O. The Morgan fingerprint density at radius 1 is 1.03 bits per heavy atom. The van der Waals surface area contributed by atoms with Gasteiger partial charge in [-0.25, -0.2) is 9.82 Å². The van der Waals surface area contributed by atoms with Crippen molar-refractivity contribution >= 4 is 12.1 Å². The Kier molecular flexibility index (Phi) is 5.69. The maximum Gasteiger partial charge on any atom is 0.271 e. The van der Waals surface area contributed by atoms with Gasteiger partial charge in [0.15, 0.2) is 0 Å². The van der Waals surface area contributed by atoms with E-state index in [2.05, 4.69) is 60.1 Å². The quantitative estimate of drug-likeness (QED) is 0.476. The molecule has 0 bridgehead atoms. The number of halogens is 1. The maximum absolute atomic E-state index is 13.0. The number of hydrogen-bond donors (Lipinski definition) is 1. The lowest BCUT2D eigenvalue weighted by Crippen LogP contribution is -2.17. The van der Waals surface area contributed by atoms with Gasteiger partial charge in [-0.15, -0.1) is 0 Å². The molecule has 1 aromatic heterocycles. The fraction of sp³-hybridized carbons (Fsp3) is 0.250. The second-order valence-corrected chi connectivity index (χ2v) is 8.16. The van der Waals surface area contributed by atoms with E-state index in [9.17, 15) is 9.18 Å². The van der Waals surface area contributed by atoms with Gasteiger partial charge in [0.1, 0.15) is 5.82 Å². The zero-order valence-electron chi connectivity index (χ0n) is 17.5. The van der Waals surface area contributed by atoms with Crippen LogP contribution in [-0.4, -0.2) is 16.7 Å². The van der Waals surface area contributed by atoms with Crippen LogP contribution >= 0.6 is 0 Å². The average Bonchev–Trinajstić information content (AvgIpc) is 2.95. The summed E-state index contributed by atoms with van der Waals surface area (Å²) in [4.78, 5) is 12.1. The summed E-state index contributed by atoms with van der Waals surface area (Å²) in [5.74, 6) is -0.763. The molecule has 4 nitrogen and oxygen atoms in total. The molecule has 0 saturated heterocycles. The summed E-state index contributed by atoms with van der Waals surface area (Å²) in [6, 6.07) is 15.9. The molecule has 3 aromatic rings. The van der Waals surface area contributed by atoms with Gasteiger partial charge in [-0.05, 0) is 67.3 Å². The third-order valence-electron chi connectivity index (χ3n) is 4.94. The number of hydrogen-bond acceptors (Lipinski definition) is 2. The van der Waals surface area contributed by atoms with E-state index in [1.807, 2.05) is 19.9 Å². The first-order valence-electron chi connectivity index (χ1n) is 9.55. The first-order chi connectivity index (χ1) is 13.7. The Morgan fingerprint density at radius 3 is 2.24 bits per heavy atom. The van der Waals surface area contributed by atoms with Crippen molar-refractivity contribution in [1.29, 1.82) is 0 Å². The van der Waals surface area contributed by atoms with Crippen molar-refractivity contribution in [2.24, 2.45) is 5.10 Å². The summed E-state index contributed by atoms with van der Waals surface area (Å²) in [5, 5.41) is 4.06. The molecule has 2 aromatic carbocycles. The van der Waals surface area contributed by atoms with Gasteiger partial charge in [0.25, 0.3) is 5.91 Å². The Morgan fingerprint density at radius 2 is 1.66 bits per heavy atom. The van der Waals surface area contributed by atoms with Crippen molar-refractivity contribution in [1.82, 2.24) is 9.99 Å². The minimum Gasteiger partial charge on any atom is -0.318 e. The molecule has 1 amide bonds. The fourth-order valence-corrected chi connectivity index (χ4v) is 3.25. The minimum atomic E-state index is -0.382. The molecule has 0 saturated carbocycles. The van der Waals surface area contributed by atoms with Crippen LogP contribution in [0.3, 0.4) is 0 Å². The molecule has 5 heteroatoms. The Balaban J connectivity index is 1.78. The summed E-state index contributed by atoms with van der Waals surface area (Å²) in [7, 11) is 0. The molecule has 0 unspecified atom stereocenters. The number of nitrogens with one attached hydrogen (secondary N) is 1. The third-order valence-corrected chi connectivity index (χ3v) is 4.94. The van der Waals surface area contributed by atoms with E-state index in [1.165, 1.54) is 29.8 Å². The highest BCUT2D eigenvalue weighted by Crippen LogP contribution is 2.25. The van der Waals surface area contributed by atoms with Crippen LogP contribution in [0.4, 0.5) is 4.39 Å². The molecule has 29 heavy (non-hydrogen) atoms. The zero-order chi connectivity index (χ0) is 21.2. The van der Waals surface area contributed by atoms with Crippen molar-refractivity contribution in [3.63, 3.8) is 0 Å². The summed E-state index contributed by atoms with van der Waals surface area (Å²) in [5.41, 5.74) is 8.36. The van der Waals surface area contributed by atoms with Gasteiger partial charge in [0, 0.05) is 28.2 Å². The van der Waals surface area contributed by atoms with Gasteiger partial charge < -0.3 is 4.57 Å². The maximum atomic E-state index is 13.0. The number of rotatable bonds is 4. The van der Waals surface area contributed by atoms with Crippen LogP contribution in [0, 0.1) is 19.7 Å². The van der Waals surface area contributed by atoms with E-state index in [-0.39, 0.29) is 17.1 Å². The number of carbonyl (C=O) groups excluding carboxylic acids is 1. The van der Waals surface area contributed by atoms with Crippen LogP contribution in [0.15, 0.2) is 59.7 Å². The van der Waals surface area contributed by atoms with Crippen molar-refractivity contribution in [2.75, 3.05) is 0 Å². The molecule has 0 radical (unpaired) electrons. The van der Waals surface area contributed by atoms with Gasteiger partial charge in [0.05, 0.1) is 6.21 Å². The summed E-state index contributed by atoms with van der Waals surface area (Å²) < 4.78 is 15.1. The Labute approximate surface area is 171 Å². The molecule has 1 N–H and O–H groups in total. The highest BCUT2D eigenvalue weighted by Gasteiger charge is 2.14. The summed E-state index contributed by atoms with van der Waals surface area (Å²) >= 11 is 0. The van der Waals surface area contributed by atoms with Crippen molar-refractivity contribution in [3.05, 3.63) is 88.5 Å². The first-order valence-corrected chi connectivity index (χ1v) is 9.55. The fourth-order valence-electron chi connectivity index (χ4n) is 3.25. The summed E-state index contributed by atoms with van der Waals surface area (Å²) in [6.45, 7) is 10.7. The predicted molar refractivity (Wildman–Crippen MR) is 115 cm³/mol. The van der Waals surface area contributed by atoms with Crippen molar-refractivity contribution in [3.8, 4) is 5.69 Å². The molecule has 1 heterocycles. The number of aromatic nitrogens is 1. The molecular weight excluding hydrogens is 365 g/mol. The van der Waals surface area contributed by atoms with Crippen LogP contribution in [0.1, 0.15) is 53.6 Å². The van der Waals surface area contributed by atoms with E-state index in [0.717, 1.165) is 22.6 Å². The minimum absolute atomic E-state index is 0.111. The Hall–Kier alpha value is -3.21. The molecule has 3 rings (SSSR count). The number of hydrazone groups is 1. The number of aryl methyl sites for hydroxylation is 1. The SMILES string of the molecule is Cc1cc(/C=N\NC(=O)c2ccc(F)cc2)c(C)n1-c1ccc(C(C)(C)C)cc1. The average molecular weight is 391 g/mol. The highest BCUT2D eigenvalue weighted by molar-refractivity contribution is 5.95. The number of benzene rings is 2. The lowest BCUT2D eigenvalue weighted by molar-refractivity contribution is 0.0955. The molecule has 0 spiro atoms. The van der Waals surface area contributed by atoms with E-state index in [0.29, 0.717) is 5.56 Å². The zero-order valence-corrected chi connectivity index (χ0v) is 17.5. The lowest BCUT2D eigenvalue weighted by Gasteiger charge is -2.20. The van der Waals surface area contributed by atoms with Crippen LogP contribution in [0.2, 0.25) is 0 Å². The predicted octanol–water partition coefficient (Wildman–Crippen LogP) is 5.29. The topological polar surface area (TPSA) is 46.4 Å². The first kappa shape index (κ1) is 20.5. The number of carbonyl (C=O) groups is 1. The summed E-state index contributed by atoms with van der Waals surface area (Å²) in [6.07, 6.45) is 1.63. The number of amides is 1. The van der Waals surface area contributed by atoms with Crippen molar-refractivity contribution < 1.29 is 9.18 Å². The second-order valence-electron chi connectivity index (χ2n) is 8.16. The molecule has 0 atom stereocenters. The standard InChI is InChI=1S/C24H26FN3O/c1-16-14-19(15-26-27-23(29)18-6-10-21(25)11-7-18)17(2)28(16)22-12-8-20(9-13-22)24(3,4)5/h6-15H,1-5H3,(H,27,29)/b26-15-. The Bertz CT molecular complexity index is 1040. The largest absolute Gasteiger partial charge is 0.318 e.